The molecule has 2 N–H and O–H groups in total. The average Bonchev–Trinajstić information content (AvgIpc) is 2.69. The van der Waals surface area contributed by atoms with E-state index in [4.69, 9.17) is 0 Å². The highest BCUT2D eigenvalue weighted by Crippen LogP contribution is 2.27. The number of hydrogen-bond donors (Lipinski definition) is 2. The third-order valence-electron chi connectivity index (χ3n) is 3.79. The van der Waals surface area contributed by atoms with Crippen LogP contribution in [0.5, 0.6) is 0 Å². The molecule has 0 aliphatic rings. The number of carbonyl (C=O) groups excluding carboxylic acids is 2. The zero-order valence-corrected chi connectivity index (χ0v) is 14.5. The topological polar surface area (TPSA) is 84.0 Å². The van der Waals surface area contributed by atoms with Crippen molar-refractivity contribution < 1.29 is 14.0 Å². The predicted molar refractivity (Wildman–Crippen MR) is 101 cm³/mol. The standard InChI is InChI=1S/C20H17FN4O2/c1-13(21)19(26)25-18-11-15(7-10-23-18)20(27)24-17-12-22-9-8-16(17)14-5-3-2-4-6-14/h2-13H,1H3,(H,24,27)(H,23,25,26). The number of rotatable bonds is 5. The number of benzene rings is 1. The van der Waals surface area contributed by atoms with Crippen LogP contribution in [0, 0.1) is 0 Å². The summed E-state index contributed by atoms with van der Waals surface area (Å²) in [5.74, 6) is -1.11. The second-order valence-corrected chi connectivity index (χ2v) is 5.78. The number of nitrogens with zero attached hydrogens (tertiary/aromatic N) is 2. The van der Waals surface area contributed by atoms with Crippen molar-refractivity contribution in [3.8, 4) is 11.1 Å². The van der Waals surface area contributed by atoms with Gasteiger partial charge >= 0.3 is 0 Å². The Hall–Kier alpha value is -3.61. The van der Waals surface area contributed by atoms with Crippen molar-refractivity contribution in [2.45, 2.75) is 13.1 Å². The third-order valence-corrected chi connectivity index (χ3v) is 3.79. The molecule has 27 heavy (non-hydrogen) atoms. The van der Waals surface area contributed by atoms with Gasteiger partial charge in [-0.25, -0.2) is 9.37 Å². The first kappa shape index (κ1) is 18.2. The lowest BCUT2D eigenvalue weighted by Crippen LogP contribution is -2.22. The fourth-order valence-electron chi connectivity index (χ4n) is 2.42. The minimum absolute atomic E-state index is 0.103. The van der Waals surface area contributed by atoms with Crippen molar-refractivity contribution in [3.05, 3.63) is 72.7 Å². The molecule has 136 valence electrons. The van der Waals surface area contributed by atoms with Crippen LogP contribution in [-0.4, -0.2) is 28.0 Å². The molecule has 3 rings (SSSR count). The van der Waals surface area contributed by atoms with Crippen LogP contribution < -0.4 is 10.6 Å². The van der Waals surface area contributed by atoms with Crippen molar-refractivity contribution in [2.24, 2.45) is 0 Å². The fourth-order valence-corrected chi connectivity index (χ4v) is 2.42. The first-order valence-electron chi connectivity index (χ1n) is 8.26. The van der Waals surface area contributed by atoms with E-state index < -0.39 is 18.0 Å². The molecule has 2 amide bonds. The molecule has 1 unspecified atom stereocenters. The lowest BCUT2D eigenvalue weighted by molar-refractivity contribution is -0.120. The number of nitrogens with one attached hydrogen (secondary N) is 2. The molecule has 0 fully saturated rings. The number of hydrogen-bond acceptors (Lipinski definition) is 4. The predicted octanol–water partition coefficient (Wildman–Crippen LogP) is 3.69. The van der Waals surface area contributed by atoms with Crippen LogP contribution in [0.4, 0.5) is 15.9 Å². The van der Waals surface area contributed by atoms with Gasteiger partial charge in [0.1, 0.15) is 5.82 Å². The molecule has 0 bridgehead atoms. The van der Waals surface area contributed by atoms with E-state index in [9.17, 15) is 14.0 Å². The number of alkyl halides is 1. The summed E-state index contributed by atoms with van der Waals surface area (Å²) < 4.78 is 13.0. The van der Waals surface area contributed by atoms with Crippen LogP contribution in [0.15, 0.2) is 67.1 Å². The molecule has 1 atom stereocenters. The summed E-state index contributed by atoms with van der Waals surface area (Å²) >= 11 is 0. The zero-order chi connectivity index (χ0) is 19.2. The number of amides is 2. The van der Waals surface area contributed by atoms with Gasteiger partial charge in [-0.1, -0.05) is 30.3 Å². The van der Waals surface area contributed by atoms with Gasteiger partial charge in [0.2, 0.25) is 0 Å². The lowest BCUT2D eigenvalue weighted by Gasteiger charge is -2.11. The van der Waals surface area contributed by atoms with E-state index >= 15 is 0 Å². The Bertz CT molecular complexity index is 961. The monoisotopic (exact) mass is 364 g/mol. The van der Waals surface area contributed by atoms with Gasteiger partial charge in [0.15, 0.2) is 6.17 Å². The second-order valence-electron chi connectivity index (χ2n) is 5.78. The number of aromatic nitrogens is 2. The highest BCUT2D eigenvalue weighted by atomic mass is 19.1. The van der Waals surface area contributed by atoms with Crippen molar-refractivity contribution in [1.82, 2.24) is 9.97 Å². The summed E-state index contributed by atoms with van der Waals surface area (Å²) in [4.78, 5) is 32.1. The van der Waals surface area contributed by atoms with Crippen LogP contribution in [0.2, 0.25) is 0 Å². The molecule has 0 saturated carbocycles. The Balaban J connectivity index is 1.82. The molecular weight excluding hydrogens is 347 g/mol. The quantitative estimate of drug-likeness (QED) is 0.723. The van der Waals surface area contributed by atoms with E-state index in [2.05, 4.69) is 20.6 Å². The van der Waals surface area contributed by atoms with Gasteiger partial charge in [-0.15, -0.1) is 0 Å². The van der Waals surface area contributed by atoms with Gasteiger partial charge < -0.3 is 10.6 Å². The van der Waals surface area contributed by atoms with Gasteiger partial charge in [0.05, 0.1) is 11.9 Å². The summed E-state index contributed by atoms with van der Waals surface area (Å²) in [7, 11) is 0. The van der Waals surface area contributed by atoms with Crippen molar-refractivity contribution >= 4 is 23.3 Å². The molecule has 0 aliphatic heterocycles. The molecule has 2 heterocycles. The van der Waals surface area contributed by atoms with Gasteiger partial charge in [-0.05, 0) is 30.7 Å². The molecule has 6 nitrogen and oxygen atoms in total. The summed E-state index contributed by atoms with van der Waals surface area (Å²) in [6.45, 7) is 1.12. The molecule has 0 aliphatic carbocycles. The van der Waals surface area contributed by atoms with Crippen LogP contribution >= 0.6 is 0 Å². The van der Waals surface area contributed by atoms with E-state index in [1.165, 1.54) is 18.3 Å². The second kappa shape index (κ2) is 8.18. The van der Waals surface area contributed by atoms with E-state index in [-0.39, 0.29) is 11.4 Å². The highest BCUT2D eigenvalue weighted by molar-refractivity contribution is 6.06. The minimum atomic E-state index is -1.67. The molecule has 2 aromatic heterocycles. The molecular formula is C20H17FN4O2. The maximum absolute atomic E-state index is 13.0. The van der Waals surface area contributed by atoms with Crippen LogP contribution in [0.1, 0.15) is 17.3 Å². The number of carbonyl (C=O) groups is 2. The molecule has 0 radical (unpaired) electrons. The fraction of sp³-hybridized carbons (Fsp3) is 0.100. The minimum Gasteiger partial charge on any atom is -0.320 e. The van der Waals surface area contributed by atoms with Gasteiger partial charge in [-0.2, -0.15) is 0 Å². The number of pyridine rings is 2. The summed E-state index contributed by atoms with van der Waals surface area (Å²) in [5, 5.41) is 5.13. The Morgan fingerprint density at radius 3 is 2.56 bits per heavy atom. The van der Waals surface area contributed by atoms with Crippen molar-refractivity contribution in [3.63, 3.8) is 0 Å². The van der Waals surface area contributed by atoms with Crippen molar-refractivity contribution in [2.75, 3.05) is 10.6 Å². The average molecular weight is 364 g/mol. The summed E-state index contributed by atoms with van der Waals surface area (Å²) in [5.41, 5.74) is 2.59. The van der Waals surface area contributed by atoms with Crippen molar-refractivity contribution in [1.29, 1.82) is 0 Å². The van der Waals surface area contributed by atoms with E-state index in [1.807, 2.05) is 36.4 Å². The smallest absolute Gasteiger partial charge is 0.259 e. The third kappa shape index (κ3) is 4.52. The normalized spacial score (nSPS) is 11.5. The summed E-state index contributed by atoms with van der Waals surface area (Å²) in [6.07, 6.45) is 2.91. The van der Waals surface area contributed by atoms with Gasteiger partial charge in [-0.3, -0.25) is 14.6 Å². The SMILES string of the molecule is CC(F)C(=O)Nc1cc(C(=O)Nc2cnccc2-c2ccccc2)ccn1. The van der Waals surface area contributed by atoms with E-state index in [1.54, 1.807) is 12.4 Å². The Morgan fingerprint density at radius 1 is 1.04 bits per heavy atom. The molecule has 1 aromatic carbocycles. The Morgan fingerprint density at radius 2 is 1.81 bits per heavy atom. The number of halogens is 1. The Labute approximate surface area is 155 Å². The molecule has 7 heteroatoms. The van der Waals surface area contributed by atoms with Gasteiger partial charge in [0, 0.05) is 23.5 Å². The maximum atomic E-state index is 13.0. The highest BCUT2D eigenvalue weighted by Gasteiger charge is 2.14. The molecule has 3 aromatic rings. The first-order valence-corrected chi connectivity index (χ1v) is 8.26. The summed E-state index contributed by atoms with van der Waals surface area (Å²) in [6, 6.07) is 14.3. The van der Waals surface area contributed by atoms with Crippen LogP contribution in [0.25, 0.3) is 11.1 Å². The lowest BCUT2D eigenvalue weighted by atomic mass is 10.1. The zero-order valence-electron chi connectivity index (χ0n) is 14.5. The number of anilines is 2. The van der Waals surface area contributed by atoms with Crippen LogP contribution in [0.3, 0.4) is 0 Å². The van der Waals surface area contributed by atoms with Crippen LogP contribution in [-0.2, 0) is 4.79 Å². The molecule has 0 spiro atoms. The maximum Gasteiger partial charge on any atom is 0.259 e. The van der Waals surface area contributed by atoms with Gasteiger partial charge in [0.25, 0.3) is 11.8 Å². The van der Waals surface area contributed by atoms with E-state index in [0.29, 0.717) is 5.69 Å². The largest absolute Gasteiger partial charge is 0.320 e. The molecule has 0 saturated heterocycles. The first-order chi connectivity index (χ1) is 13.0. The van der Waals surface area contributed by atoms with E-state index in [0.717, 1.165) is 18.1 Å². The Kier molecular flexibility index (Phi) is 5.51.